The number of aryl methyl sites for hydroxylation is 1. The van der Waals surface area contributed by atoms with Gasteiger partial charge < -0.3 is 10.2 Å². The Morgan fingerprint density at radius 1 is 1.13 bits per heavy atom. The number of aliphatic hydroxyl groups excluding tert-OH is 1. The zero-order valence-corrected chi connectivity index (χ0v) is 16.5. The molecule has 4 nitrogen and oxygen atoms in total. The van der Waals surface area contributed by atoms with E-state index in [9.17, 15) is 45.0 Å². The van der Waals surface area contributed by atoms with E-state index >= 15 is 0 Å². The average molecular weight is 466 g/mol. The van der Waals surface area contributed by atoms with Crippen LogP contribution in [0.4, 0.5) is 26.3 Å². The van der Waals surface area contributed by atoms with Crippen molar-refractivity contribution < 1.29 is 45.0 Å². The Kier molecular flexibility index (Phi) is 4.95. The van der Waals surface area contributed by atoms with E-state index in [2.05, 4.69) is 0 Å². The molecule has 0 radical (unpaired) electrons. The fraction of sp³-hybridized carbons (Fsp3) is 0.400. The number of halogens is 6. The number of sulfone groups is 1. The van der Waals surface area contributed by atoms with Gasteiger partial charge in [0.25, 0.3) is 9.84 Å². The van der Waals surface area contributed by atoms with Gasteiger partial charge in [0.05, 0.1) is 4.90 Å². The zero-order chi connectivity index (χ0) is 22.9. The lowest BCUT2D eigenvalue weighted by Gasteiger charge is -2.37. The summed E-state index contributed by atoms with van der Waals surface area (Å²) in [5.41, 5.74) is -9.37. The molecule has 2 N–H and O–H groups in total. The predicted molar refractivity (Wildman–Crippen MR) is 95.5 cm³/mol. The Morgan fingerprint density at radius 3 is 2.45 bits per heavy atom. The summed E-state index contributed by atoms with van der Waals surface area (Å²) >= 11 is 0. The first-order chi connectivity index (χ1) is 14.3. The minimum absolute atomic E-state index is 0.118. The summed E-state index contributed by atoms with van der Waals surface area (Å²) in [6, 6.07) is 2.98. The summed E-state index contributed by atoms with van der Waals surface area (Å²) in [7, 11) is -5.93. The van der Waals surface area contributed by atoms with E-state index in [0.29, 0.717) is 12.1 Å². The van der Waals surface area contributed by atoms with E-state index < -0.39 is 61.7 Å². The van der Waals surface area contributed by atoms with Gasteiger partial charge in [0.2, 0.25) is 0 Å². The van der Waals surface area contributed by atoms with Crippen LogP contribution in [0, 0.1) is 11.6 Å². The van der Waals surface area contributed by atoms with Gasteiger partial charge in [-0.3, -0.25) is 0 Å². The molecule has 0 aromatic heterocycles. The lowest BCUT2D eigenvalue weighted by Crippen LogP contribution is -2.35. The van der Waals surface area contributed by atoms with Crippen LogP contribution < -0.4 is 0 Å². The minimum atomic E-state index is -5.93. The number of benzene rings is 2. The minimum Gasteiger partial charge on any atom is -0.385 e. The fourth-order valence-electron chi connectivity index (χ4n) is 4.64. The standard InChI is InChI=1S/C20H16F6O4S/c21-10-6-9-2-1-5-19(28,17(9)13(22)7-10)12-3-4-15(31(29,30)20(24,25)26)16-11(12)8-14(23)18(16)27/h3-4,6-7,14,18,27-28H,1-2,5,8H2/t14-,18-,19-/m1/s1. The largest absolute Gasteiger partial charge is 0.501 e. The van der Waals surface area contributed by atoms with Gasteiger partial charge in [-0.2, -0.15) is 13.2 Å². The number of hydrogen-bond acceptors (Lipinski definition) is 4. The van der Waals surface area contributed by atoms with E-state index in [-0.39, 0.29) is 41.5 Å². The van der Waals surface area contributed by atoms with Crippen molar-refractivity contribution >= 4 is 9.84 Å². The van der Waals surface area contributed by atoms with Gasteiger partial charge in [-0.05, 0) is 48.1 Å². The molecule has 0 saturated heterocycles. The Hall–Kier alpha value is -2.11. The van der Waals surface area contributed by atoms with Gasteiger partial charge in [-0.1, -0.05) is 6.07 Å². The summed E-state index contributed by atoms with van der Waals surface area (Å²) in [4.78, 5) is -1.31. The molecule has 0 aliphatic heterocycles. The van der Waals surface area contributed by atoms with E-state index in [0.717, 1.165) is 12.1 Å². The van der Waals surface area contributed by atoms with E-state index in [1.807, 2.05) is 0 Å². The van der Waals surface area contributed by atoms with Crippen molar-refractivity contribution in [3.8, 4) is 0 Å². The van der Waals surface area contributed by atoms with E-state index in [1.165, 1.54) is 0 Å². The normalized spacial score (nSPS) is 25.9. The molecule has 0 fully saturated rings. The summed E-state index contributed by atoms with van der Waals surface area (Å²) in [6.07, 6.45) is -4.61. The van der Waals surface area contributed by atoms with E-state index in [4.69, 9.17) is 0 Å². The molecular weight excluding hydrogens is 450 g/mol. The SMILES string of the molecule is O=S(=O)(c1ccc([C@]2(O)CCCc3cc(F)cc(F)c32)c2c1[C@H](O)[C@H](F)C2)C(F)(F)F. The topological polar surface area (TPSA) is 74.6 Å². The Labute approximate surface area is 173 Å². The fourth-order valence-corrected chi connectivity index (χ4v) is 5.67. The average Bonchev–Trinajstić information content (AvgIpc) is 2.94. The van der Waals surface area contributed by atoms with Gasteiger partial charge >= 0.3 is 5.51 Å². The first-order valence-corrected chi connectivity index (χ1v) is 10.8. The van der Waals surface area contributed by atoms with Crippen molar-refractivity contribution in [1.82, 2.24) is 0 Å². The highest BCUT2D eigenvalue weighted by atomic mass is 32.2. The number of alkyl halides is 4. The van der Waals surface area contributed by atoms with Crippen molar-refractivity contribution in [1.29, 1.82) is 0 Å². The number of rotatable bonds is 2. The Morgan fingerprint density at radius 2 is 1.81 bits per heavy atom. The maximum atomic E-state index is 14.7. The molecular formula is C20H16F6O4S. The van der Waals surface area contributed by atoms with Gasteiger partial charge in [-0.15, -0.1) is 0 Å². The summed E-state index contributed by atoms with van der Waals surface area (Å²) < 4.78 is 106. The van der Waals surface area contributed by atoms with Gasteiger partial charge in [0.1, 0.15) is 29.5 Å². The number of fused-ring (bicyclic) bond motifs is 2. The van der Waals surface area contributed by atoms with Crippen molar-refractivity contribution in [3.05, 3.63) is 63.7 Å². The van der Waals surface area contributed by atoms with Gasteiger partial charge in [0.15, 0.2) is 0 Å². The van der Waals surface area contributed by atoms with Crippen molar-refractivity contribution in [2.75, 3.05) is 0 Å². The second-order valence-corrected chi connectivity index (χ2v) is 9.66. The van der Waals surface area contributed by atoms with Crippen molar-refractivity contribution in [3.63, 3.8) is 0 Å². The van der Waals surface area contributed by atoms with Crippen LogP contribution in [0.15, 0.2) is 29.2 Å². The molecule has 0 spiro atoms. The predicted octanol–water partition coefficient (Wildman–Crippen LogP) is 3.76. The highest BCUT2D eigenvalue weighted by Crippen LogP contribution is 2.49. The molecule has 2 aromatic carbocycles. The molecule has 0 amide bonds. The van der Waals surface area contributed by atoms with Crippen molar-refractivity contribution in [2.24, 2.45) is 0 Å². The summed E-state index contributed by atoms with van der Waals surface area (Å²) in [5.74, 6) is -1.97. The molecule has 3 atom stereocenters. The molecule has 11 heteroatoms. The van der Waals surface area contributed by atoms with Crippen LogP contribution in [0.3, 0.4) is 0 Å². The maximum Gasteiger partial charge on any atom is 0.501 e. The van der Waals surface area contributed by atoms with Crippen LogP contribution in [0.1, 0.15) is 46.8 Å². The summed E-state index contributed by atoms with van der Waals surface area (Å²) in [5, 5.41) is 21.6. The molecule has 0 bridgehead atoms. The lowest BCUT2D eigenvalue weighted by atomic mass is 9.73. The zero-order valence-electron chi connectivity index (χ0n) is 15.7. The molecule has 2 aliphatic rings. The van der Waals surface area contributed by atoms with Crippen LogP contribution in [0.2, 0.25) is 0 Å². The quantitative estimate of drug-likeness (QED) is 0.662. The van der Waals surface area contributed by atoms with Crippen LogP contribution in [0.25, 0.3) is 0 Å². The molecule has 4 rings (SSSR count). The van der Waals surface area contributed by atoms with Gasteiger partial charge in [0, 0.05) is 23.6 Å². The molecule has 31 heavy (non-hydrogen) atoms. The summed E-state index contributed by atoms with van der Waals surface area (Å²) in [6.45, 7) is 0. The third kappa shape index (κ3) is 3.16. The van der Waals surface area contributed by atoms with Crippen molar-refractivity contribution in [2.45, 2.75) is 54.0 Å². The van der Waals surface area contributed by atoms with Crippen LogP contribution in [-0.2, 0) is 28.3 Å². The van der Waals surface area contributed by atoms with E-state index in [1.54, 1.807) is 0 Å². The Bertz CT molecular complexity index is 1180. The first-order valence-electron chi connectivity index (χ1n) is 9.29. The van der Waals surface area contributed by atoms with Gasteiger partial charge in [-0.25, -0.2) is 21.6 Å². The van der Waals surface area contributed by atoms with Crippen LogP contribution in [-0.4, -0.2) is 30.3 Å². The van der Waals surface area contributed by atoms with Crippen LogP contribution >= 0.6 is 0 Å². The molecule has 0 saturated carbocycles. The lowest BCUT2D eigenvalue weighted by molar-refractivity contribution is -0.0437. The molecule has 0 unspecified atom stereocenters. The second-order valence-electron chi connectivity index (χ2n) is 7.75. The first kappa shape index (κ1) is 22.1. The second kappa shape index (κ2) is 6.94. The molecule has 2 aromatic rings. The highest BCUT2D eigenvalue weighted by Gasteiger charge is 2.52. The maximum absolute atomic E-state index is 14.7. The molecule has 0 heterocycles. The smallest absolute Gasteiger partial charge is 0.385 e. The number of hydrogen-bond donors (Lipinski definition) is 2. The third-order valence-electron chi connectivity index (χ3n) is 5.93. The highest BCUT2D eigenvalue weighted by molar-refractivity contribution is 7.92. The van der Waals surface area contributed by atoms with Crippen LogP contribution in [0.5, 0.6) is 0 Å². The Balaban J connectivity index is 2.01. The molecule has 168 valence electrons. The third-order valence-corrected chi connectivity index (χ3v) is 7.47. The molecule has 2 aliphatic carbocycles. The monoisotopic (exact) mass is 466 g/mol. The number of aliphatic hydroxyl groups is 2.